The standard InChI is InChI=1S/C16H19NO3S/c1-11(18)21-10-15-13-7-17(8-14(13)15)16(19)20-9-12-5-3-2-4-6-12/h2-6,13-15H,7-10H2,1H3. The van der Waals surface area contributed by atoms with Crippen LogP contribution in [0, 0.1) is 17.8 Å². The third kappa shape index (κ3) is 3.40. The molecule has 2 atom stereocenters. The topological polar surface area (TPSA) is 46.6 Å². The number of amides is 1. The molecule has 1 aromatic carbocycles. The van der Waals surface area contributed by atoms with Gasteiger partial charge in [0.2, 0.25) is 0 Å². The van der Waals surface area contributed by atoms with Crippen LogP contribution in [0.4, 0.5) is 4.79 Å². The van der Waals surface area contributed by atoms with Gasteiger partial charge in [-0.1, -0.05) is 42.1 Å². The lowest BCUT2D eigenvalue weighted by atomic mass is 10.2. The first kappa shape index (κ1) is 14.4. The molecule has 1 amide bonds. The maximum Gasteiger partial charge on any atom is 0.410 e. The number of piperidine rings is 1. The number of benzene rings is 1. The van der Waals surface area contributed by atoms with Crippen LogP contribution < -0.4 is 0 Å². The van der Waals surface area contributed by atoms with E-state index in [-0.39, 0.29) is 11.2 Å². The minimum atomic E-state index is -0.218. The number of hydrogen-bond acceptors (Lipinski definition) is 4. The summed E-state index contributed by atoms with van der Waals surface area (Å²) in [7, 11) is 0. The van der Waals surface area contributed by atoms with E-state index < -0.39 is 0 Å². The molecule has 1 saturated heterocycles. The zero-order chi connectivity index (χ0) is 14.8. The Morgan fingerprint density at radius 3 is 2.52 bits per heavy atom. The van der Waals surface area contributed by atoms with Crippen molar-refractivity contribution in [2.75, 3.05) is 18.8 Å². The molecule has 1 aliphatic heterocycles. The summed E-state index contributed by atoms with van der Waals surface area (Å²) < 4.78 is 5.34. The lowest BCUT2D eigenvalue weighted by molar-refractivity contribution is -0.109. The van der Waals surface area contributed by atoms with Gasteiger partial charge in [0.1, 0.15) is 6.61 Å². The summed E-state index contributed by atoms with van der Waals surface area (Å²) in [6.45, 7) is 3.49. The smallest absolute Gasteiger partial charge is 0.410 e. The fourth-order valence-electron chi connectivity index (χ4n) is 3.07. The second kappa shape index (κ2) is 6.10. The molecule has 1 heterocycles. The van der Waals surface area contributed by atoms with Crippen molar-refractivity contribution < 1.29 is 14.3 Å². The summed E-state index contributed by atoms with van der Waals surface area (Å²) in [5.74, 6) is 2.65. The maximum absolute atomic E-state index is 12.0. The Kier molecular flexibility index (Phi) is 4.19. The Hall–Kier alpha value is -1.49. The minimum absolute atomic E-state index is 0.180. The molecule has 0 spiro atoms. The van der Waals surface area contributed by atoms with Crippen LogP contribution in [0.5, 0.6) is 0 Å². The lowest BCUT2D eigenvalue weighted by Gasteiger charge is -2.19. The number of hydrogen-bond donors (Lipinski definition) is 0. The Bertz CT molecular complexity index is 522. The number of thioether (sulfide) groups is 1. The Labute approximate surface area is 128 Å². The highest BCUT2D eigenvalue weighted by Gasteiger charge is 2.56. The highest BCUT2D eigenvalue weighted by molar-refractivity contribution is 8.13. The van der Waals surface area contributed by atoms with Gasteiger partial charge in [-0.25, -0.2) is 4.79 Å². The van der Waals surface area contributed by atoms with Crippen LogP contribution in [0.25, 0.3) is 0 Å². The molecule has 1 aromatic rings. The molecule has 5 heteroatoms. The van der Waals surface area contributed by atoms with Crippen LogP contribution in [0.1, 0.15) is 12.5 Å². The van der Waals surface area contributed by atoms with E-state index in [0.717, 1.165) is 24.4 Å². The lowest BCUT2D eigenvalue weighted by Crippen LogP contribution is -2.32. The first-order valence-electron chi connectivity index (χ1n) is 7.24. The van der Waals surface area contributed by atoms with Crippen molar-refractivity contribution >= 4 is 23.0 Å². The second-order valence-corrected chi connectivity index (χ2v) is 6.94. The third-order valence-electron chi connectivity index (χ3n) is 4.31. The van der Waals surface area contributed by atoms with Gasteiger partial charge >= 0.3 is 6.09 Å². The highest BCUT2D eigenvalue weighted by atomic mass is 32.2. The molecule has 0 N–H and O–H groups in total. The molecule has 1 saturated carbocycles. The van der Waals surface area contributed by atoms with Crippen LogP contribution in [0.3, 0.4) is 0 Å². The quantitative estimate of drug-likeness (QED) is 0.858. The van der Waals surface area contributed by atoms with Crippen molar-refractivity contribution in [2.45, 2.75) is 13.5 Å². The van der Waals surface area contributed by atoms with Crippen molar-refractivity contribution in [3.8, 4) is 0 Å². The van der Waals surface area contributed by atoms with Gasteiger partial charge in [0, 0.05) is 25.8 Å². The first-order valence-corrected chi connectivity index (χ1v) is 8.22. The van der Waals surface area contributed by atoms with Crippen LogP contribution in [0.2, 0.25) is 0 Å². The van der Waals surface area contributed by atoms with Gasteiger partial charge in [0.05, 0.1) is 0 Å². The molecule has 112 valence electrons. The molecule has 2 unspecified atom stereocenters. The second-order valence-electron chi connectivity index (χ2n) is 5.74. The SMILES string of the molecule is CC(=O)SCC1C2CN(C(=O)OCc3ccccc3)CC12. The van der Waals surface area contributed by atoms with E-state index in [4.69, 9.17) is 4.74 Å². The summed E-state index contributed by atoms with van der Waals surface area (Å²) in [6.07, 6.45) is -0.218. The van der Waals surface area contributed by atoms with E-state index in [1.165, 1.54) is 11.8 Å². The van der Waals surface area contributed by atoms with Gasteiger partial charge in [-0.05, 0) is 23.3 Å². The molecule has 0 bridgehead atoms. The number of likely N-dealkylation sites (tertiary alicyclic amines) is 1. The zero-order valence-electron chi connectivity index (χ0n) is 12.0. The van der Waals surface area contributed by atoms with Crippen LogP contribution in [0.15, 0.2) is 30.3 Å². The van der Waals surface area contributed by atoms with E-state index in [2.05, 4.69) is 0 Å². The molecule has 2 aliphatic rings. The summed E-state index contributed by atoms with van der Waals surface area (Å²) in [6, 6.07) is 9.71. The number of carbonyl (C=O) groups excluding carboxylic acids is 2. The first-order chi connectivity index (χ1) is 10.1. The van der Waals surface area contributed by atoms with Crippen molar-refractivity contribution in [1.29, 1.82) is 0 Å². The normalized spacial score (nSPS) is 26.3. The van der Waals surface area contributed by atoms with Crippen molar-refractivity contribution in [2.24, 2.45) is 17.8 Å². The number of fused-ring (bicyclic) bond motifs is 1. The van der Waals surface area contributed by atoms with E-state index in [9.17, 15) is 9.59 Å². The molecular formula is C16H19NO3S. The average molecular weight is 305 g/mol. The van der Waals surface area contributed by atoms with Crippen molar-refractivity contribution in [3.63, 3.8) is 0 Å². The van der Waals surface area contributed by atoms with Gasteiger partial charge in [0.15, 0.2) is 5.12 Å². The summed E-state index contributed by atoms with van der Waals surface area (Å²) in [5.41, 5.74) is 1.01. The van der Waals surface area contributed by atoms with Gasteiger partial charge in [-0.3, -0.25) is 4.79 Å². The summed E-state index contributed by atoms with van der Waals surface area (Å²) in [5, 5.41) is 0.180. The Morgan fingerprint density at radius 1 is 1.24 bits per heavy atom. The summed E-state index contributed by atoms with van der Waals surface area (Å²) >= 11 is 1.40. The van der Waals surface area contributed by atoms with E-state index in [1.807, 2.05) is 30.3 Å². The number of ether oxygens (including phenoxy) is 1. The molecular weight excluding hydrogens is 286 g/mol. The fourth-order valence-corrected chi connectivity index (χ4v) is 3.99. The maximum atomic E-state index is 12.0. The third-order valence-corrected chi connectivity index (χ3v) is 5.27. The molecule has 2 fully saturated rings. The van der Waals surface area contributed by atoms with Crippen molar-refractivity contribution in [3.05, 3.63) is 35.9 Å². The minimum Gasteiger partial charge on any atom is -0.445 e. The van der Waals surface area contributed by atoms with E-state index in [0.29, 0.717) is 24.4 Å². The van der Waals surface area contributed by atoms with E-state index in [1.54, 1.807) is 11.8 Å². The number of rotatable bonds is 4. The molecule has 21 heavy (non-hydrogen) atoms. The molecule has 4 nitrogen and oxygen atoms in total. The zero-order valence-corrected chi connectivity index (χ0v) is 12.8. The summed E-state index contributed by atoms with van der Waals surface area (Å²) in [4.78, 5) is 24.8. The van der Waals surface area contributed by atoms with Crippen LogP contribution >= 0.6 is 11.8 Å². The van der Waals surface area contributed by atoms with Gasteiger partial charge in [-0.2, -0.15) is 0 Å². The average Bonchev–Trinajstić information content (AvgIpc) is 2.93. The highest BCUT2D eigenvalue weighted by Crippen LogP contribution is 2.53. The largest absolute Gasteiger partial charge is 0.445 e. The molecule has 0 radical (unpaired) electrons. The van der Waals surface area contributed by atoms with E-state index >= 15 is 0 Å². The fraction of sp³-hybridized carbons (Fsp3) is 0.500. The van der Waals surface area contributed by atoms with Gasteiger partial charge < -0.3 is 9.64 Å². The number of nitrogens with zero attached hydrogens (tertiary/aromatic N) is 1. The number of carbonyl (C=O) groups is 2. The van der Waals surface area contributed by atoms with Crippen LogP contribution in [-0.2, 0) is 16.1 Å². The van der Waals surface area contributed by atoms with Crippen LogP contribution in [-0.4, -0.2) is 35.0 Å². The Morgan fingerprint density at radius 2 is 1.90 bits per heavy atom. The van der Waals surface area contributed by atoms with Gasteiger partial charge in [-0.15, -0.1) is 0 Å². The molecule has 1 aliphatic carbocycles. The Balaban J connectivity index is 1.40. The predicted molar refractivity (Wildman–Crippen MR) is 81.8 cm³/mol. The monoisotopic (exact) mass is 305 g/mol. The van der Waals surface area contributed by atoms with Gasteiger partial charge in [0.25, 0.3) is 0 Å². The predicted octanol–water partition coefficient (Wildman–Crippen LogP) is 2.78. The molecule has 3 rings (SSSR count). The molecule has 0 aromatic heterocycles. The van der Waals surface area contributed by atoms with Crippen molar-refractivity contribution in [1.82, 2.24) is 4.90 Å².